The summed E-state index contributed by atoms with van der Waals surface area (Å²) in [7, 11) is 0. The second kappa shape index (κ2) is 17.6. The molecule has 0 heterocycles. The zero-order valence-electron chi connectivity index (χ0n) is 17.4. The standard InChI is InChI=1S/C21H43NO5/c1-17(2)13-11-9-7-5-3-4-6-8-10-12-14-22-18(15-23)20(26)21(27)19(25)16-24/h15,17-22,24-27H,3-14,16H2,1-2H3/t18-,19+,20+,21+/m0/s1. The normalized spacial score (nSPS) is 16.3. The third-order valence-corrected chi connectivity index (χ3v) is 5.03. The smallest absolute Gasteiger partial charge is 0.139 e. The number of aldehydes is 1. The first kappa shape index (κ1) is 26.5. The number of carbonyl (C=O) groups excluding carboxylic acids is 1. The van der Waals surface area contributed by atoms with Gasteiger partial charge in [-0.3, -0.25) is 0 Å². The number of unbranched alkanes of at least 4 members (excludes halogenated alkanes) is 9. The number of aliphatic hydroxyl groups excluding tert-OH is 4. The fourth-order valence-electron chi connectivity index (χ4n) is 3.16. The molecule has 0 aliphatic carbocycles. The van der Waals surface area contributed by atoms with Gasteiger partial charge in [0.05, 0.1) is 12.6 Å². The fraction of sp³-hybridized carbons (Fsp3) is 0.952. The Morgan fingerprint density at radius 2 is 1.26 bits per heavy atom. The molecule has 0 aliphatic rings. The van der Waals surface area contributed by atoms with Crippen molar-refractivity contribution in [2.75, 3.05) is 13.2 Å². The molecule has 0 spiro atoms. The zero-order valence-corrected chi connectivity index (χ0v) is 17.4. The molecule has 0 aliphatic heterocycles. The van der Waals surface area contributed by atoms with Gasteiger partial charge < -0.3 is 30.5 Å². The summed E-state index contributed by atoms with van der Waals surface area (Å²) >= 11 is 0. The molecule has 0 fully saturated rings. The first-order valence-corrected chi connectivity index (χ1v) is 10.8. The maximum absolute atomic E-state index is 11.0. The number of aliphatic hydroxyl groups is 4. The summed E-state index contributed by atoms with van der Waals surface area (Å²) in [5.41, 5.74) is 0. The Labute approximate surface area is 165 Å². The Balaban J connectivity index is 3.55. The molecule has 0 bridgehead atoms. The summed E-state index contributed by atoms with van der Waals surface area (Å²) in [6.07, 6.45) is 9.75. The molecule has 0 aromatic carbocycles. The van der Waals surface area contributed by atoms with Crippen LogP contribution in [0.1, 0.15) is 84.5 Å². The van der Waals surface area contributed by atoms with Gasteiger partial charge >= 0.3 is 0 Å². The quantitative estimate of drug-likeness (QED) is 0.171. The summed E-state index contributed by atoms with van der Waals surface area (Å²) in [5, 5.41) is 40.5. The van der Waals surface area contributed by atoms with E-state index in [1.54, 1.807) is 0 Å². The summed E-state index contributed by atoms with van der Waals surface area (Å²) in [5.74, 6) is 0.821. The van der Waals surface area contributed by atoms with Crippen LogP contribution in [-0.4, -0.2) is 64.2 Å². The van der Waals surface area contributed by atoms with E-state index in [2.05, 4.69) is 19.2 Å². The average Bonchev–Trinajstić information content (AvgIpc) is 2.66. The van der Waals surface area contributed by atoms with Gasteiger partial charge in [-0.05, 0) is 18.9 Å². The van der Waals surface area contributed by atoms with E-state index in [1.807, 2.05) is 0 Å². The van der Waals surface area contributed by atoms with E-state index in [9.17, 15) is 20.1 Å². The van der Waals surface area contributed by atoms with E-state index >= 15 is 0 Å². The van der Waals surface area contributed by atoms with Crippen LogP contribution in [0.4, 0.5) is 0 Å². The minimum absolute atomic E-state index is 0.527. The topological polar surface area (TPSA) is 110 Å². The Bertz CT molecular complexity index is 341. The molecule has 0 unspecified atom stereocenters. The molecule has 0 amide bonds. The lowest BCUT2D eigenvalue weighted by Crippen LogP contribution is -2.52. The Kier molecular flexibility index (Phi) is 17.2. The SMILES string of the molecule is CC(C)CCCCCCCCCCCCN[C@@H](C=O)[C@@H](O)[C@H](O)[C@H](O)CO. The predicted molar refractivity (Wildman–Crippen MR) is 109 cm³/mol. The van der Waals surface area contributed by atoms with Crippen molar-refractivity contribution < 1.29 is 25.2 Å². The van der Waals surface area contributed by atoms with Gasteiger partial charge in [-0.25, -0.2) is 0 Å². The number of carbonyl (C=O) groups is 1. The summed E-state index contributed by atoms with van der Waals surface area (Å²) in [6.45, 7) is 4.46. The van der Waals surface area contributed by atoms with Crippen molar-refractivity contribution in [2.45, 2.75) is 109 Å². The van der Waals surface area contributed by atoms with Crippen LogP contribution < -0.4 is 5.32 Å². The van der Waals surface area contributed by atoms with Crippen LogP contribution in [-0.2, 0) is 4.79 Å². The van der Waals surface area contributed by atoms with Gasteiger partial charge in [0.2, 0.25) is 0 Å². The molecule has 162 valence electrons. The number of hydrogen-bond acceptors (Lipinski definition) is 6. The molecule has 0 aromatic heterocycles. The van der Waals surface area contributed by atoms with E-state index in [4.69, 9.17) is 5.11 Å². The highest BCUT2D eigenvalue weighted by atomic mass is 16.4. The zero-order chi connectivity index (χ0) is 20.5. The largest absolute Gasteiger partial charge is 0.394 e. The molecule has 0 saturated carbocycles. The summed E-state index contributed by atoms with van der Waals surface area (Å²) in [4.78, 5) is 11.0. The number of rotatable bonds is 19. The molecule has 6 heteroatoms. The first-order valence-electron chi connectivity index (χ1n) is 10.8. The molecular weight excluding hydrogens is 346 g/mol. The monoisotopic (exact) mass is 389 g/mol. The van der Waals surface area contributed by atoms with Crippen LogP contribution in [0.15, 0.2) is 0 Å². The van der Waals surface area contributed by atoms with Crippen molar-refractivity contribution in [3.8, 4) is 0 Å². The van der Waals surface area contributed by atoms with Crippen molar-refractivity contribution in [1.82, 2.24) is 5.32 Å². The Morgan fingerprint density at radius 1 is 0.778 bits per heavy atom. The first-order chi connectivity index (χ1) is 12.9. The van der Waals surface area contributed by atoms with Crippen LogP contribution in [0, 0.1) is 5.92 Å². The predicted octanol–water partition coefficient (Wildman–Crippen LogP) is 2.17. The molecule has 0 aromatic rings. The molecule has 4 atom stereocenters. The minimum atomic E-state index is -1.55. The van der Waals surface area contributed by atoms with E-state index in [0.29, 0.717) is 12.8 Å². The van der Waals surface area contributed by atoms with Crippen molar-refractivity contribution >= 4 is 6.29 Å². The summed E-state index contributed by atoms with van der Waals surface area (Å²) < 4.78 is 0. The van der Waals surface area contributed by atoms with Gasteiger partial charge in [-0.2, -0.15) is 0 Å². The van der Waals surface area contributed by atoms with E-state index in [1.165, 1.54) is 51.4 Å². The van der Waals surface area contributed by atoms with Crippen molar-refractivity contribution in [1.29, 1.82) is 0 Å². The highest BCUT2D eigenvalue weighted by molar-refractivity contribution is 5.58. The maximum atomic E-state index is 11.0. The lowest BCUT2D eigenvalue weighted by Gasteiger charge is -2.26. The molecule has 27 heavy (non-hydrogen) atoms. The highest BCUT2D eigenvalue weighted by Crippen LogP contribution is 2.13. The number of hydrogen-bond donors (Lipinski definition) is 5. The lowest BCUT2D eigenvalue weighted by molar-refractivity contribution is -0.120. The van der Waals surface area contributed by atoms with Crippen molar-refractivity contribution in [3.63, 3.8) is 0 Å². The van der Waals surface area contributed by atoms with Gasteiger partial charge in [-0.15, -0.1) is 0 Å². The second-order valence-corrected chi connectivity index (χ2v) is 8.07. The van der Waals surface area contributed by atoms with Gasteiger partial charge in [-0.1, -0.05) is 78.1 Å². The molecule has 0 rings (SSSR count). The van der Waals surface area contributed by atoms with Crippen molar-refractivity contribution in [3.05, 3.63) is 0 Å². The molecule has 0 radical (unpaired) electrons. The number of nitrogens with one attached hydrogen (secondary N) is 1. The Morgan fingerprint density at radius 3 is 1.70 bits per heavy atom. The van der Waals surface area contributed by atoms with Gasteiger partial charge in [0.25, 0.3) is 0 Å². The van der Waals surface area contributed by atoms with Crippen LogP contribution in [0.5, 0.6) is 0 Å². The molecule has 5 N–H and O–H groups in total. The molecule has 6 nitrogen and oxygen atoms in total. The average molecular weight is 390 g/mol. The van der Waals surface area contributed by atoms with Crippen LogP contribution in [0.3, 0.4) is 0 Å². The molecule has 0 saturated heterocycles. The van der Waals surface area contributed by atoms with Gasteiger partial charge in [0.1, 0.15) is 24.6 Å². The summed E-state index contributed by atoms with van der Waals surface area (Å²) in [6, 6.07) is -0.947. The minimum Gasteiger partial charge on any atom is -0.394 e. The maximum Gasteiger partial charge on any atom is 0.139 e. The van der Waals surface area contributed by atoms with Crippen LogP contribution >= 0.6 is 0 Å². The third-order valence-electron chi connectivity index (χ3n) is 5.03. The fourth-order valence-corrected chi connectivity index (χ4v) is 3.16. The molecular formula is C21H43NO5. The van der Waals surface area contributed by atoms with E-state index in [-0.39, 0.29) is 0 Å². The third kappa shape index (κ3) is 14.2. The van der Waals surface area contributed by atoms with Crippen molar-refractivity contribution in [2.24, 2.45) is 5.92 Å². The Hall–Kier alpha value is -0.530. The van der Waals surface area contributed by atoms with Gasteiger partial charge in [0, 0.05) is 0 Å². The highest BCUT2D eigenvalue weighted by Gasteiger charge is 2.30. The second-order valence-electron chi connectivity index (χ2n) is 8.07. The van der Waals surface area contributed by atoms with Crippen LogP contribution in [0.2, 0.25) is 0 Å². The van der Waals surface area contributed by atoms with E-state index < -0.39 is 31.0 Å². The lowest BCUT2D eigenvalue weighted by atomic mass is 10.0. The van der Waals surface area contributed by atoms with E-state index in [0.717, 1.165) is 25.2 Å². The van der Waals surface area contributed by atoms with Crippen LogP contribution in [0.25, 0.3) is 0 Å². The van der Waals surface area contributed by atoms with Gasteiger partial charge in [0.15, 0.2) is 0 Å².